The van der Waals surface area contributed by atoms with E-state index in [0.717, 1.165) is 11.2 Å². The van der Waals surface area contributed by atoms with Crippen molar-refractivity contribution in [1.29, 1.82) is 0 Å². The number of nitrogens with zero attached hydrogens (tertiary/aromatic N) is 4. The third-order valence-electron chi connectivity index (χ3n) is 5.04. The molecule has 10 nitrogen and oxygen atoms in total. The maximum atomic E-state index is 13.3. The van der Waals surface area contributed by atoms with E-state index < -0.39 is 48.6 Å². The molecule has 2 amide bonds. The number of hydrogen-bond acceptors (Lipinski definition) is 8. The predicted molar refractivity (Wildman–Crippen MR) is 121 cm³/mol. The monoisotopic (exact) mass is 531 g/mol. The molecular weight excluding hydrogens is 507 g/mol. The Hall–Kier alpha value is -3.03. The zero-order chi connectivity index (χ0) is 26.8. The van der Waals surface area contributed by atoms with E-state index in [4.69, 9.17) is 21.1 Å². The maximum absolute atomic E-state index is 13.3. The number of rotatable bonds is 4. The van der Waals surface area contributed by atoms with Gasteiger partial charge in [0.25, 0.3) is 5.91 Å². The molecule has 1 unspecified atom stereocenters. The molecule has 0 spiro atoms. The molecule has 2 aromatic rings. The molecule has 3 rings (SSSR count). The van der Waals surface area contributed by atoms with Crippen molar-refractivity contribution < 1.29 is 37.3 Å². The summed E-state index contributed by atoms with van der Waals surface area (Å²) in [4.78, 5) is 37.8. The highest BCUT2D eigenvalue weighted by Gasteiger charge is 2.48. The van der Waals surface area contributed by atoms with Crippen LogP contribution in [-0.2, 0) is 9.47 Å². The summed E-state index contributed by atoms with van der Waals surface area (Å²) in [6.07, 6.45) is -10.4. The van der Waals surface area contributed by atoms with E-state index in [-0.39, 0.29) is 34.3 Å². The molecule has 0 aliphatic carbocycles. The molecule has 196 valence electrons. The van der Waals surface area contributed by atoms with Gasteiger partial charge in [0, 0.05) is 7.05 Å². The summed E-state index contributed by atoms with van der Waals surface area (Å²) in [6, 6.07) is 4.19. The number of carbonyl (C=O) groups is 2. The van der Waals surface area contributed by atoms with Crippen molar-refractivity contribution in [2.75, 3.05) is 20.1 Å². The molecular formula is C22H25ClF3N5O5. The first-order valence-electron chi connectivity index (χ1n) is 10.8. The Morgan fingerprint density at radius 3 is 2.50 bits per heavy atom. The fourth-order valence-corrected chi connectivity index (χ4v) is 3.63. The van der Waals surface area contributed by atoms with Crippen LogP contribution in [0.15, 0.2) is 24.5 Å². The first-order valence-corrected chi connectivity index (χ1v) is 11.2. The number of ether oxygens (including phenoxy) is 2. The second kappa shape index (κ2) is 10.5. The number of morpholine rings is 1. The van der Waals surface area contributed by atoms with Crippen molar-refractivity contribution in [3.8, 4) is 11.4 Å². The van der Waals surface area contributed by atoms with Crippen molar-refractivity contribution in [2.24, 2.45) is 0 Å². The summed E-state index contributed by atoms with van der Waals surface area (Å²) < 4.78 is 50.8. The average molecular weight is 532 g/mol. The zero-order valence-electron chi connectivity index (χ0n) is 19.8. The van der Waals surface area contributed by atoms with Crippen molar-refractivity contribution in [3.63, 3.8) is 0 Å². The lowest BCUT2D eigenvalue weighted by molar-refractivity contribution is -0.253. The van der Waals surface area contributed by atoms with Crippen LogP contribution in [0.4, 0.5) is 18.0 Å². The molecule has 1 saturated heterocycles. The molecule has 1 aliphatic heterocycles. The van der Waals surface area contributed by atoms with Crippen molar-refractivity contribution in [3.05, 3.63) is 40.9 Å². The number of nitrogens with one attached hydrogen (secondary N) is 1. The number of pyridine rings is 1. The van der Waals surface area contributed by atoms with Gasteiger partial charge in [-0.05, 0) is 44.5 Å². The fraction of sp³-hybridized carbons (Fsp3) is 0.500. The van der Waals surface area contributed by atoms with Gasteiger partial charge in [-0.25, -0.2) is 19.7 Å². The second-order valence-corrected chi connectivity index (χ2v) is 9.40. The Labute approximate surface area is 209 Å². The lowest BCUT2D eigenvalue weighted by atomic mass is 10.0. The van der Waals surface area contributed by atoms with Gasteiger partial charge in [0.1, 0.15) is 35.0 Å². The molecule has 1 aliphatic rings. The fourth-order valence-electron chi connectivity index (χ4n) is 3.42. The van der Waals surface area contributed by atoms with Crippen LogP contribution in [0, 0.1) is 0 Å². The highest BCUT2D eigenvalue weighted by atomic mass is 35.5. The average Bonchev–Trinajstić information content (AvgIpc) is 2.80. The first kappa shape index (κ1) is 27.6. The van der Waals surface area contributed by atoms with Gasteiger partial charge in [-0.1, -0.05) is 11.6 Å². The van der Waals surface area contributed by atoms with E-state index in [1.807, 2.05) is 0 Å². The standard InChI is InChI=1S/C22H25ClF3N5O5/c1-21(2,3)36-20(34)31-8-15(35-16(9-31)18(32)22(24,25)26)11-5-13(30-17(23)6-11)12-7-14(19(33)27-4)29-10-28-12/h5-7,10,15-16,18,32H,8-9H2,1-4H3,(H,27,33)/t15-,16-,18?/m0/s1. The van der Waals surface area contributed by atoms with Crippen LogP contribution in [0.1, 0.15) is 42.9 Å². The van der Waals surface area contributed by atoms with E-state index in [9.17, 15) is 27.9 Å². The predicted octanol–water partition coefficient (Wildman–Crippen LogP) is 3.15. The molecule has 36 heavy (non-hydrogen) atoms. The van der Waals surface area contributed by atoms with E-state index in [0.29, 0.717) is 0 Å². The van der Waals surface area contributed by atoms with Crippen LogP contribution < -0.4 is 5.32 Å². The molecule has 0 aromatic carbocycles. The molecule has 0 saturated carbocycles. The quantitative estimate of drug-likeness (QED) is 0.576. The molecule has 0 radical (unpaired) electrons. The van der Waals surface area contributed by atoms with Crippen molar-refractivity contribution in [2.45, 2.75) is 50.9 Å². The van der Waals surface area contributed by atoms with Gasteiger partial charge in [0.2, 0.25) is 0 Å². The van der Waals surface area contributed by atoms with Crippen LogP contribution >= 0.6 is 11.6 Å². The minimum absolute atomic E-state index is 0.0338. The van der Waals surface area contributed by atoms with Gasteiger partial charge < -0.3 is 24.8 Å². The number of aliphatic hydroxyl groups excluding tert-OH is 1. The van der Waals surface area contributed by atoms with Gasteiger partial charge >= 0.3 is 12.3 Å². The summed E-state index contributed by atoms with van der Waals surface area (Å²) in [5.74, 6) is -0.464. The summed E-state index contributed by atoms with van der Waals surface area (Å²) >= 11 is 6.18. The Morgan fingerprint density at radius 1 is 1.19 bits per heavy atom. The number of amides is 2. The summed E-state index contributed by atoms with van der Waals surface area (Å²) in [7, 11) is 1.43. The largest absolute Gasteiger partial charge is 0.444 e. The van der Waals surface area contributed by atoms with Gasteiger partial charge in [-0.3, -0.25) is 4.79 Å². The van der Waals surface area contributed by atoms with Crippen molar-refractivity contribution >= 4 is 23.6 Å². The molecule has 2 aromatic heterocycles. The lowest BCUT2D eigenvalue weighted by Gasteiger charge is -2.40. The Kier molecular flexibility index (Phi) is 8.06. The molecule has 2 N–H and O–H groups in total. The summed E-state index contributed by atoms with van der Waals surface area (Å²) in [5, 5.41) is 12.3. The third-order valence-corrected chi connectivity index (χ3v) is 5.24. The second-order valence-electron chi connectivity index (χ2n) is 9.01. The van der Waals surface area contributed by atoms with Crippen LogP contribution in [0.2, 0.25) is 5.15 Å². The Bertz CT molecular complexity index is 1130. The number of alkyl halides is 3. The lowest BCUT2D eigenvalue weighted by Crippen LogP contribution is -2.55. The SMILES string of the molecule is CNC(=O)c1cc(-c2cc([C@@H]3CN(C(=O)OC(C)(C)C)C[C@@H](C(O)C(F)(F)F)O3)cc(Cl)n2)ncn1. The molecule has 3 atom stereocenters. The number of hydrogen-bond donors (Lipinski definition) is 2. The Morgan fingerprint density at radius 2 is 1.89 bits per heavy atom. The van der Waals surface area contributed by atoms with Crippen molar-refractivity contribution in [1.82, 2.24) is 25.2 Å². The maximum Gasteiger partial charge on any atom is 0.416 e. The van der Waals surface area contributed by atoms with E-state index in [1.54, 1.807) is 20.8 Å². The molecule has 1 fully saturated rings. The third kappa shape index (κ3) is 6.80. The smallest absolute Gasteiger partial charge is 0.416 e. The number of aromatic nitrogens is 3. The highest BCUT2D eigenvalue weighted by molar-refractivity contribution is 6.29. The Balaban J connectivity index is 1.98. The highest BCUT2D eigenvalue weighted by Crippen LogP contribution is 2.34. The van der Waals surface area contributed by atoms with Gasteiger partial charge in [-0.2, -0.15) is 13.2 Å². The van der Waals surface area contributed by atoms with E-state index in [1.165, 1.54) is 25.2 Å². The minimum atomic E-state index is -4.98. The van der Waals surface area contributed by atoms with Gasteiger partial charge in [0.15, 0.2) is 6.10 Å². The van der Waals surface area contributed by atoms with Crippen LogP contribution in [0.25, 0.3) is 11.4 Å². The summed E-state index contributed by atoms with van der Waals surface area (Å²) in [6.45, 7) is 4.14. The van der Waals surface area contributed by atoms with Crippen LogP contribution in [-0.4, -0.2) is 81.1 Å². The number of carbonyl (C=O) groups excluding carboxylic acids is 2. The molecule has 0 bridgehead atoms. The van der Waals surface area contributed by atoms with Crippen LogP contribution in [0.5, 0.6) is 0 Å². The molecule has 3 heterocycles. The number of halogens is 4. The van der Waals surface area contributed by atoms with E-state index >= 15 is 0 Å². The first-order chi connectivity index (χ1) is 16.7. The topological polar surface area (TPSA) is 127 Å². The number of aliphatic hydroxyl groups is 1. The van der Waals surface area contributed by atoms with E-state index in [2.05, 4.69) is 20.3 Å². The molecule has 14 heteroatoms. The minimum Gasteiger partial charge on any atom is -0.444 e. The van der Waals surface area contributed by atoms with Gasteiger partial charge in [0.05, 0.1) is 24.5 Å². The summed E-state index contributed by atoms with van der Waals surface area (Å²) in [5.41, 5.74) is -0.150. The normalized spacial score (nSPS) is 19.5. The van der Waals surface area contributed by atoms with Crippen LogP contribution in [0.3, 0.4) is 0 Å². The zero-order valence-corrected chi connectivity index (χ0v) is 20.6. The van der Waals surface area contributed by atoms with Gasteiger partial charge in [-0.15, -0.1) is 0 Å².